The third-order valence-corrected chi connectivity index (χ3v) is 4.22. The largest absolute Gasteiger partial charge is 0.261 e. The Kier molecular flexibility index (Phi) is 5.20. The fourth-order valence-corrected chi connectivity index (χ4v) is 2.75. The van der Waals surface area contributed by atoms with E-state index in [1.807, 2.05) is 0 Å². The maximum atomic E-state index is 11.5. The topological polar surface area (TPSA) is 119 Å². The number of aryl methyl sites for hydroxylation is 1. The Balaban J connectivity index is 2.41. The molecule has 0 aliphatic carbocycles. The summed E-state index contributed by atoms with van der Waals surface area (Å²) in [4.78, 5) is 3.99. The molecule has 18 heavy (non-hydrogen) atoms. The van der Waals surface area contributed by atoms with E-state index in [1.165, 1.54) is 0 Å². The Morgan fingerprint density at radius 3 is 2.44 bits per heavy atom. The lowest BCUT2D eigenvalue weighted by Gasteiger charge is -2.05. The number of aromatic nitrogens is 1. The molecule has 1 rings (SSSR count). The number of hydrogen-bond donors (Lipinski definition) is 2. The molecule has 7 nitrogen and oxygen atoms in total. The minimum absolute atomic E-state index is 0.144. The minimum Gasteiger partial charge on any atom is -0.261 e. The highest BCUT2D eigenvalue weighted by molar-refractivity contribution is 7.90. The molecule has 0 saturated heterocycles. The average Bonchev–Trinajstić information content (AvgIpc) is 2.26. The van der Waals surface area contributed by atoms with Crippen LogP contribution >= 0.6 is 0 Å². The number of primary sulfonamides is 1. The number of hydrogen-bond acceptors (Lipinski definition) is 5. The van der Waals surface area contributed by atoms with Crippen LogP contribution in [0.3, 0.4) is 0 Å². The molecule has 1 aromatic heterocycles. The first kappa shape index (κ1) is 15.0. The predicted octanol–water partition coefficient (Wildman–Crippen LogP) is -1.17. The van der Waals surface area contributed by atoms with Gasteiger partial charge in [0.05, 0.1) is 11.5 Å². The van der Waals surface area contributed by atoms with Gasteiger partial charge < -0.3 is 0 Å². The first-order chi connectivity index (χ1) is 8.29. The monoisotopic (exact) mass is 293 g/mol. The molecule has 0 fully saturated rings. The molecule has 0 atom stereocenters. The summed E-state index contributed by atoms with van der Waals surface area (Å²) >= 11 is 0. The fraction of sp³-hybridized carbons (Fsp3) is 0.444. The first-order valence-corrected chi connectivity index (χ1v) is 8.53. The molecule has 0 aliphatic rings. The molecule has 0 aliphatic heterocycles. The van der Waals surface area contributed by atoms with E-state index in [0.717, 1.165) is 0 Å². The number of nitrogens with zero attached hydrogens (tertiary/aromatic N) is 1. The van der Waals surface area contributed by atoms with Crippen LogP contribution in [0, 0.1) is 0 Å². The van der Waals surface area contributed by atoms with E-state index in [0.29, 0.717) is 5.69 Å². The van der Waals surface area contributed by atoms with E-state index >= 15 is 0 Å². The number of nitrogens with two attached hydrogens (primary N) is 1. The molecule has 0 radical (unpaired) electrons. The maximum Gasteiger partial charge on any atom is 0.212 e. The van der Waals surface area contributed by atoms with Crippen molar-refractivity contribution in [2.45, 2.75) is 6.42 Å². The van der Waals surface area contributed by atoms with E-state index in [-0.39, 0.29) is 18.7 Å². The molecule has 0 unspecified atom stereocenters. The molecule has 9 heteroatoms. The molecule has 0 saturated carbocycles. The molecule has 1 heterocycles. The zero-order chi connectivity index (χ0) is 13.6. The fourth-order valence-electron chi connectivity index (χ4n) is 1.20. The smallest absolute Gasteiger partial charge is 0.212 e. The van der Waals surface area contributed by atoms with Gasteiger partial charge in [-0.2, -0.15) is 0 Å². The summed E-state index contributed by atoms with van der Waals surface area (Å²) in [5.41, 5.74) is 0.661. The molecule has 102 valence electrons. The van der Waals surface area contributed by atoms with Gasteiger partial charge in [-0.15, -0.1) is 0 Å². The lowest BCUT2D eigenvalue weighted by atomic mass is 10.3. The molecule has 0 amide bonds. The third-order valence-electron chi connectivity index (χ3n) is 2.06. The SMILES string of the molecule is NS(=O)(=O)CCNS(=O)(=O)CCc1ccccn1. The molecule has 0 bridgehead atoms. The average molecular weight is 293 g/mol. The standard InChI is InChI=1S/C9H15N3O4S2/c10-17(13,14)8-6-12-18(15,16)7-4-9-3-1-2-5-11-9/h1-3,5,12H,4,6-8H2,(H2,10,13,14). The summed E-state index contributed by atoms with van der Waals surface area (Å²) < 4.78 is 46.5. The van der Waals surface area contributed by atoms with Crippen molar-refractivity contribution in [1.82, 2.24) is 9.71 Å². The Labute approximate surface area is 107 Å². The first-order valence-electron chi connectivity index (χ1n) is 5.16. The van der Waals surface area contributed by atoms with E-state index in [1.54, 1.807) is 24.4 Å². The number of sulfonamides is 2. The second-order valence-electron chi connectivity index (χ2n) is 3.65. The van der Waals surface area contributed by atoms with Gasteiger partial charge in [-0.25, -0.2) is 26.7 Å². The van der Waals surface area contributed by atoms with E-state index < -0.39 is 25.8 Å². The number of pyridine rings is 1. The highest BCUT2D eigenvalue weighted by atomic mass is 32.2. The van der Waals surface area contributed by atoms with Crippen LogP contribution in [0.2, 0.25) is 0 Å². The number of nitrogens with one attached hydrogen (secondary N) is 1. The van der Waals surface area contributed by atoms with Crippen molar-refractivity contribution < 1.29 is 16.8 Å². The Hall–Kier alpha value is -1.03. The Morgan fingerprint density at radius 1 is 1.17 bits per heavy atom. The van der Waals surface area contributed by atoms with Crippen LogP contribution in [-0.4, -0.2) is 39.9 Å². The molecule has 3 N–H and O–H groups in total. The van der Waals surface area contributed by atoms with Gasteiger partial charge in [-0.3, -0.25) is 4.98 Å². The van der Waals surface area contributed by atoms with Crippen LogP contribution < -0.4 is 9.86 Å². The second kappa shape index (κ2) is 6.23. The van der Waals surface area contributed by atoms with E-state index in [2.05, 4.69) is 9.71 Å². The van der Waals surface area contributed by atoms with Gasteiger partial charge in [0, 0.05) is 24.9 Å². The molecule has 1 aromatic rings. The predicted molar refractivity (Wildman–Crippen MR) is 67.7 cm³/mol. The van der Waals surface area contributed by atoms with Gasteiger partial charge >= 0.3 is 0 Å². The van der Waals surface area contributed by atoms with Crippen molar-refractivity contribution in [2.24, 2.45) is 5.14 Å². The van der Waals surface area contributed by atoms with E-state index in [9.17, 15) is 16.8 Å². The minimum atomic E-state index is -3.65. The zero-order valence-corrected chi connectivity index (χ0v) is 11.2. The third kappa shape index (κ3) is 6.64. The Morgan fingerprint density at radius 2 is 1.89 bits per heavy atom. The second-order valence-corrected chi connectivity index (χ2v) is 7.31. The van der Waals surface area contributed by atoms with Crippen molar-refractivity contribution in [2.75, 3.05) is 18.1 Å². The highest BCUT2D eigenvalue weighted by Crippen LogP contribution is 1.97. The van der Waals surface area contributed by atoms with Crippen LogP contribution in [-0.2, 0) is 26.5 Å². The summed E-state index contributed by atoms with van der Waals surface area (Å²) in [6.45, 7) is -0.219. The summed E-state index contributed by atoms with van der Waals surface area (Å²) in [6.07, 6.45) is 1.85. The lowest BCUT2D eigenvalue weighted by molar-refractivity contribution is 0.580. The van der Waals surface area contributed by atoms with Gasteiger partial charge in [-0.05, 0) is 12.1 Å². The molecular formula is C9H15N3O4S2. The van der Waals surface area contributed by atoms with Crippen LogP contribution in [0.25, 0.3) is 0 Å². The summed E-state index contributed by atoms with van der Waals surface area (Å²) in [5.74, 6) is -0.565. The van der Waals surface area contributed by atoms with Crippen LogP contribution in [0.1, 0.15) is 5.69 Å². The Bertz CT molecular complexity index is 569. The van der Waals surface area contributed by atoms with Crippen molar-refractivity contribution in [3.8, 4) is 0 Å². The van der Waals surface area contributed by atoms with Gasteiger partial charge in [0.25, 0.3) is 0 Å². The van der Waals surface area contributed by atoms with Crippen molar-refractivity contribution in [3.05, 3.63) is 30.1 Å². The lowest BCUT2D eigenvalue weighted by Crippen LogP contribution is -2.33. The summed E-state index contributed by atoms with van der Waals surface area (Å²) in [7, 11) is -7.17. The van der Waals surface area contributed by atoms with Gasteiger partial charge in [0.1, 0.15) is 0 Å². The quantitative estimate of drug-likeness (QED) is 0.656. The van der Waals surface area contributed by atoms with Crippen molar-refractivity contribution in [1.29, 1.82) is 0 Å². The highest BCUT2D eigenvalue weighted by Gasteiger charge is 2.12. The zero-order valence-electron chi connectivity index (χ0n) is 9.61. The maximum absolute atomic E-state index is 11.5. The number of rotatable bonds is 7. The molecule has 0 aromatic carbocycles. The summed E-state index contributed by atoms with van der Waals surface area (Å²) in [6, 6.07) is 5.23. The van der Waals surface area contributed by atoms with Gasteiger partial charge in [0.15, 0.2) is 0 Å². The molecule has 0 spiro atoms. The summed E-state index contributed by atoms with van der Waals surface area (Å²) in [5, 5.41) is 4.76. The van der Waals surface area contributed by atoms with Crippen LogP contribution in [0.4, 0.5) is 0 Å². The van der Waals surface area contributed by atoms with Crippen LogP contribution in [0.5, 0.6) is 0 Å². The van der Waals surface area contributed by atoms with Crippen molar-refractivity contribution >= 4 is 20.0 Å². The van der Waals surface area contributed by atoms with Gasteiger partial charge in [-0.1, -0.05) is 6.07 Å². The molecular weight excluding hydrogens is 278 g/mol. The van der Waals surface area contributed by atoms with Crippen LogP contribution in [0.15, 0.2) is 24.4 Å². The van der Waals surface area contributed by atoms with E-state index in [4.69, 9.17) is 5.14 Å². The van der Waals surface area contributed by atoms with Gasteiger partial charge in [0.2, 0.25) is 20.0 Å². The normalized spacial score (nSPS) is 12.5. The van der Waals surface area contributed by atoms with Crippen molar-refractivity contribution in [3.63, 3.8) is 0 Å².